The third kappa shape index (κ3) is 3.31. The molecule has 0 aliphatic heterocycles. The molecule has 1 saturated carbocycles. The van der Waals surface area contributed by atoms with E-state index in [9.17, 15) is 4.79 Å². The van der Waals surface area contributed by atoms with Gasteiger partial charge in [-0.2, -0.15) is 0 Å². The fraction of sp³-hybridized carbons (Fsp3) is 0.562. The highest BCUT2D eigenvalue weighted by molar-refractivity contribution is 5.74. The van der Waals surface area contributed by atoms with Gasteiger partial charge >= 0.3 is 6.03 Å². The van der Waals surface area contributed by atoms with E-state index in [-0.39, 0.29) is 24.7 Å². The summed E-state index contributed by atoms with van der Waals surface area (Å²) in [4.78, 5) is 13.8. The Bertz CT molecular complexity index is 431. The maximum atomic E-state index is 12.3. The van der Waals surface area contributed by atoms with Crippen molar-refractivity contribution in [2.45, 2.75) is 38.3 Å². The number of carbonyl (C=O) groups excluding carboxylic acids is 1. The van der Waals surface area contributed by atoms with Gasteiger partial charge in [0.05, 0.1) is 18.7 Å². The van der Waals surface area contributed by atoms with Gasteiger partial charge in [-0.1, -0.05) is 36.8 Å². The number of aliphatic hydroxyl groups is 1. The van der Waals surface area contributed by atoms with E-state index in [1.807, 2.05) is 25.1 Å². The first-order valence-corrected chi connectivity index (χ1v) is 7.32. The number of amides is 2. The third-order valence-electron chi connectivity index (χ3n) is 4.30. The van der Waals surface area contributed by atoms with Crippen molar-refractivity contribution in [3.8, 4) is 0 Å². The molecule has 0 heterocycles. The van der Waals surface area contributed by atoms with Gasteiger partial charge in [0.2, 0.25) is 0 Å². The second-order valence-electron chi connectivity index (χ2n) is 5.67. The van der Waals surface area contributed by atoms with Crippen molar-refractivity contribution in [3.63, 3.8) is 0 Å². The van der Waals surface area contributed by atoms with Gasteiger partial charge in [0.25, 0.3) is 0 Å². The Labute approximate surface area is 120 Å². The molecule has 1 aromatic rings. The molecule has 0 radical (unpaired) electrons. The van der Waals surface area contributed by atoms with Gasteiger partial charge in [-0.25, -0.2) is 4.79 Å². The number of nitrogens with one attached hydrogen (secondary N) is 1. The Balaban J connectivity index is 2.07. The standard InChI is InChI=1S/C16H24N2O2/c1-12(11-19)18(2)16(20)17-15(14-9-6-10-14)13-7-4-3-5-8-13/h3-5,7-8,12,14-15,19H,6,9-11H2,1-2H3,(H,17,20). The minimum atomic E-state index is -0.173. The van der Waals surface area contributed by atoms with Crippen molar-refractivity contribution in [3.05, 3.63) is 35.9 Å². The lowest BCUT2D eigenvalue weighted by molar-refractivity contribution is 0.146. The van der Waals surface area contributed by atoms with Crippen molar-refractivity contribution in [1.29, 1.82) is 0 Å². The SMILES string of the molecule is CC(CO)N(C)C(=O)NC(c1ccccc1)C1CCC1. The Morgan fingerprint density at radius 3 is 2.55 bits per heavy atom. The van der Waals surface area contributed by atoms with Crippen molar-refractivity contribution in [2.75, 3.05) is 13.7 Å². The largest absolute Gasteiger partial charge is 0.394 e. The molecule has 0 saturated heterocycles. The number of hydrogen-bond donors (Lipinski definition) is 2. The van der Waals surface area contributed by atoms with Crippen molar-refractivity contribution in [2.24, 2.45) is 5.92 Å². The van der Waals surface area contributed by atoms with E-state index in [4.69, 9.17) is 5.11 Å². The first-order chi connectivity index (χ1) is 9.63. The summed E-state index contributed by atoms with van der Waals surface area (Å²) in [5, 5.41) is 12.3. The molecule has 4 nitrogen and oxygen atoms in total. The molecular formula is C16H24N2O2. The zero-order chi connectivity index (χ0) is 14.5. The van der Waals surface area contributed by atoms with Crippen LogP contribution >= 0.6 is 0 Å². The average molecular weight is 276 g/mol. The number of benzene rings is 1. The van der Waals surface area contributed by atoms with E-state index in [0.29, 0.717) is 5.92 Å². The van der Waals surface area contributed by atoms with E-state index in [0.717, 1.165) is 5.56 Å². The predicted octanol–water partition coefficient (Wildman–Crippen LogP) is 2.55. The minimum absolute atomic E-state index is 0.0245. The fourth-order valence-corrected chi connectivity index (χ4v) is 2.46. The van der Waals surface area contributed by atoms with Crippen LogP contribution < -0.4 is 5.32 Å². The molecule has 2 rings (SSSR count). The molecule has 1 fully saturated rings. The molecule has 4 heteroatoms. The molecular weight excluding hydrogens is 252 g/mol. The molecule has 1 aromatic carbocycles. The number of hydrogen-bond acceptors (Lipinski definition) is 2. The van der Waals surface area contributed by atoms with E-state index in [1.165, 1.54) is 19.3 Å². The van der Waals surface area contributed by atoms with Crippen LogP contribution in [0.4, 0.5) is 4.79 Å². The van der Waals surface area contributed by atoms with Crippen LogP contribution in [0.1, 0.15) is 37.8 Å². The molecule has 20 heavy (non-hydrogen) atoms. The number of aliphatic hydroxyl groups excluding tert-OH is 1. The van der Waals surface area contributed by atoms with E-state index in [1.54, 1.807) is 11.9 Å². The van der Waals surface area contributed by atoms with E-state index < -0.39 is 0 Å². The van der Waals surface area contributed by atoms with Crippen LogP contribution in [-0.4, -0.2) is 35.7 Å². The molecule has 1 aliphatic carbocycles. The van der Waals surface area contributed by atoms with Gasteiger partial charge in [-0.3, -0.25) is 0 Å². The lowest BCUT2D eigenvalue weighted by Crippen LogP contribution is -2.47. The van der Waals surface area contributed by atoms with Crippen molar-refractivity contribution < 1.29 is 9.90 Å². The maximum Gasteiger partial charge on any atom is 0.317 e. The van der Waals surface area contributed by atoms with Crippen LogP contribution in [-0.2, 0) is 0 Å². The summed E-state index contributed by atoms with van der Waals surface area (Å²) in [5.74, 6) is 0.527. The average Bonchev–Trinajstić information content (AvgIpc) is 2.43. The monoisotopic (exact) mass is 276 g/mol. The number of urea groups is 1. The fourth-order valence-electron chi connectivity index (χ4n) is 2.46. The highest BCUT2D eigenvalue weighted by atomic mass is 16.3. The number of rotatable bonds is 5. The van der Waals surface area contributed by atoms with Crippen LogP contribution in [0.5, 0.6) is 0 Å². The van der Waals surface area contributed by atoms with Gasteiger partial charge in [-0.15, -0.1) is 0 Å². The lowest BCUT2D eigenvalue weighted by Gasteiger charge is -2.36. The quantitative estimate of drug-likeness (QED) is 0.868. The number of nitrogens with zero attached hydrogens (tertiary/aromatic N) is 1. The highest BCUT2D eigenvalue weighted by Crippen LogP contribution is 2.37. The molecule has 0 bridgehead atoms. The summed E-state index contributed by atoms with van der Waals surface area (Å²) >= 11 is 0. The second kappa shape index (κ2) is 6.75. The smallest absolute Gasteiger partial charge is 0.317 e. The predicted molar refractivity (Wildman–Crippen MR) is 79.4 cm³/mol. The molecule has 0 spiro atoms. The normalized spacial score (nSPS) is 17.9. The van der Waals surface area contributed by atoms with Crippen molar-refractivity contribution >= 4 is 6.03 Å². The topological polar surface area (TPSA) is 52.6 Å². The summed E-state index contributed by atoms with van der Waals surface area (Å²) in [6, 6.07) is 9.92. The van der Waals surface area contributed by atoms with Crippen LogP contribution in [0.25, 0.3) is 0 Å². The minimum Gasteiger partial charge on any atom is -0.394 e. The second-order valence-corrected chi connectivity index (χ2v) is 5.67. The first-order valence-electron chi connectivity index (χ1n) is 7.32. The molecule has 0 aromatic heterocycles. The summed E-state index contributed by atoms with van der Waals surface area (Å²) < 4.78 is 0. The van der Waals surface area contributed by atoms with Gasteiger partial charge in [0, 0.05) is 7.05 Å². The van der Waals surface area contributed by atoms with Gasteiger partial charge in [0.1, 0.15) is 0 Å². The third-order valence-corrected chi connectivity index (χ3v) is 4.30. The molecule has 2 N–H and O–H groups in total. The Hall–Kier alpha value is -1.55. The molecule has 110 valence electrons. The van der Waals surface area contributed by atoms with E-state index in [2.05, 4.69) is 17.4 Å². The molecule has 2 amide bonds. The van der Waals surface area contributed by atoms with Crippen LogP contribution in [0.2, 0.25) is 0 Å². The van der Waals surface area contributed by atoms with Gasteiger partial charge in [-0.05, 0) is 31.2 Å². The van der Waals surface area contributed by atoms with Crippen LogP contribution in [0, 0.1) is 5.92 Å². The zero-order valence-electron chi connectivity index (χ0n) is 12.2. The van der Waals surface area contributed by atoms with Crippen LogP contribution in [0.15, 0.2) is 30.3 Å². The maximum absolute atomic E-state index is 12.3. The Morgan fingerprint density at radius 1 is 1.40 bits per heavy atom. The molecule has 1 aliphatic rings. The Kier molecular flexibility index (Phi) is 5.01. The number of likely N-dealkylation sites (N-methyl/N-ethyl adjacent to an activating group) is 1. The van der Waals surface area contributed by atoms with Gasteiger partial charge < -0.3 is 15.3 Å². The lowest BCUT2D eigenvalue weighted by atomic mass is 9.77. The first kappa shape index (κ1) is 14.9. The summed E-state index contributed by atoms with van der Waals surface area (Å²) in [5.41, 5.74) is 1.16. The summed E-state index contributed by atoms with van der Waals surface area (Å²) in [7, 11) is 1.72. The van der Waals surface area contributed by atoms with Gasteiger partial charge in [0.15, 0.2) is 0 Å². The Morgan fingerprint density at radius 2 is 2.05 bits per heavy atom. The molecule has 2 unspecified atom stereocenters. The van der Waals surface area contributed by atoms with E-state index >= 15 is 0 Å². The van der Waals surface area contributed by atoms with Crippen molar-refractivity contribution in [1.82, 2.24) is 10.2 Å². The highest BCUT2D eigenvalue weighted by Gasteiger charge is 2.30. The molecule has 2 atom stereocenters. The summed E-state index contributed by atoms with van der Waals surface area (Å²) in [6.07, 6.45) is 3.57. The summed E-state index contributed by atoms with van der Waals surface area (Å²) in [6.45, 7) is 1.81. The number of carbonyl (C=O) groups is 1. The zero-order valence-corrected chi connectivity index (χ0v) is 12.2. The van der Waals surface area contributed by atoms with Crippen LogP contribution in [0.3, 0.4) is 0 Å².